The van der Waals surface area contributed by atoms with Crippen molar-refractivity contribution in [3.8, 4) is 0 Å². The predicted molar refractivity (Wildman–Crippen MR) is 127 cm³/mol. The maximum atomic E-state index is 5.47. The largest absolute Gasteiger partial charge is 0.382 e. The van der Waals surface area contributed by atoms with Crippen molar-refractivity contribution < 1.29 is 9.47 Å². The first-order valence-electron chi connectivity index (χ1n) is 10.2. The molecule has 1 heterocycles. The van der Waals surface area contributed by atoms with E-state index >= 15 is 0 Å². The van der Waals surface area contributed by atoms with Crippen molar-refractivity contribution in [2.24, 2.45) is 4.99 Å². The van der Waals surface area contributed by atoms with E-state index in [9.17, 15) is 0 Å². The number of benzene rings is 1. The third-order valence-corrected chi connectivity index (χ3v) is 4.65. The highest BCUT2D eigenvalue weighted by atomic mass is 127. The van der Waals surface area contributed by atoms with E-state index in [4.69, 9.17) is 9.47 Å². The highest BCUT2D eigenvalue weighted by Crippen LogP contribution is 2.18. The Balaban J connectivity index is 0.00000392. The molecule has 0 aromatic heterocycles. The first-order valence-corrected chi connectivity index (χ1v) is 10.2. The number of methoxy groups -OCH3 is 1. The van der Waals surface area contributed by atoms with Crippen molar-refractivity contribution in [1.82, 2.24) is 15.5 Å². The summed E-state index contributed by atoms with van der Waals surface area (Å²) in [6, 6.07) is 8.81. The molecule has 0 unspecified atom stereocenters. The number of hydrogen-bond donors (Lipinski definition) is 2. The average Bonchev–Trinajstić information content (AvgIpc) is 2.70. The van der Waals surface area contributed by atoms with Gasteiger partial charge in [-0.25, -0.2) is 0 Å². The second-order valence-electron chi connectivity index (χ2n) is 6.79. The number of hydrogen-bond acceptors (Lipinski definition) is 4. The Morgan fingerprint density at radius 3 is 2.71 bits per heavy atom. The van der Waals surface area contributed by atoms with Gasteiger partial charge < -0.3 is 20.1 Å². The molecule has 1 aliphatic rings. The van der Waals surface area contributed by atoms with E-state index < -0.39 is 0 Å². The van der Waals surface area contributed by atoms with Crippen molar-refractivity contribution in [1.29, 1.82) is 0 Å². The molecule has 160 valence electrons. The zero-order chi connectivity index (χ0) is 19.2. The molecule has 0 saturated heterocycles. The van der Waals surface area contributed by atoms with Gasteiger partial charge in [0.15, 0.2) is 5.96 Å². The smallest absolute Gasteiger partial charge is 0.191 e. The van der Waals surface area contributed by atoms with Crippen LogP contribution in [0.2, 0.25) is 0 Å². The van der Waals surface area contributed by atoms with Crippen LogP contribution in [0.3, 0.4) is 0 Å². The van der Waals surface area contributed by atoms with E-state index in [1.54, 1.807) is 7.11 Å². The van der Waals surface area contributed by atoms with E-state index in [-0.39, 0.29) is 24.0 Å². The zero-order valence-corrected chi connectivity index (χ0v) is 19.7. The van der Waals surface area contributed by atoms with Gasteiger partial charge in [-0.3, -0.25) is 9.89 Å². The predicted octanol–water partition coefficient (Wildman–Crippen LogP) is 2.66. The standard InChI is InChI=1S/C21H36N4O2.HI/c1-3-22-21(24-12-7-15-27-17-16-26-2)23-11-6-13-25-14-10-19-8-4-5-9-20(19)18-25;/h4-5,8-9H,3,6-7,10-18H2,1-2H3,(H2,22,23,24);1H. The SMILES string of the molecule is CCNC(=NCCCOCCOC)NCCCN1CCc2ccccc2C1.I. The van der Waals surface area contributed by atoms with Crippen LogP contribution < -0.4 is 10.6 Å². The Hall–Kier alpha value is -0.900. The van der Waals surface area contributed by atoms with Gasteiger partial charge >= 0.3 is 0 Å². The number of rotatable bonds is 12. The molecule has 0 spiro atoms. The molecule has 0 saturated carbocycles. The van der Waals surface area contributed by atoms with Gasteiger partial charge in [-0.05, 0) is 37.3 Å². The zero-order valence-electron chi connectivity index (χ0n) is 17.4. The minimum atomic E-state index is 0. The number of aliphatic imine (C=N–C) groups is 1. The van der Waals surface area contributed by atoms with Crippen LogP contribution in [0.4, 0.5) is 0 Å². The lowest BCUT2D eigenvalue weighted by Gasteiger charge is -2.28. The van der Waals surface area contributed by atoms with Crippen LogP contribution >= 0.6 is 24.0 Å². The Kier molecular flexibility index (Phi) is 14.3. The lowest BCUT2D eigenvalue weighted by Crippen LogP contribution is -2.39. The summed E-state index contributed by atoms with van der Waals surface area (Å²) in [4.78, 5) is 7.16. The monoisotopic (exact) mass is 504 g/mol. The summed E-state index contributed by atoms with van der Waals surface area (Å²) in [5.41, 5.74) is 3.00. The van der Waals surface area contributed by atoms with E-state index in [0.29, 0.717) is 13.2 Å². The molecule has 6 nitrogen and oxygen atoms in total. The molecular weight excluding hydrogens is 467 g/mol. The number of guanidine groups is 1. The van der Waals surface area contributed by atoms with Gasteiger partial charge in [0.2, 0.25) is 0 Å². The summed E-state index contributed by atoms with van der Waals surface area (Å²) >= 11 is 0. The number of nitrogens with zero attached hydrogens (tertiary/aromatic N) is 2. The minimum Gasteiger partial charge on any atom is -0.382 e. The highest BCUT2D eigenvalue weighted by Gasteiger charge is 2.14. The van der Waals surface area contributed by atoms with Crippen LogP contribution in [0, 0.1) is 0 Å². The highest BCUT2D eigenvalue weighted by molar-refractivity contribution is 14.0. The van der Waals surface area contributed by atoms with Crippen LogP contribution in [0.1, 0.15) is 30.9 Å². The molecule has 0 aliphatic carbocycles. The quantitative estimate of drug-likeness (QED) is 0.199. The van der Waals surface area contributed by atoms with E-state index in [2.05, 4.69) is 51.7 Å². The van der Waals surface area contributed by atoms with E-state index in [1.165, 1.54) is 17.5 Å². The Morgan fingerprint density at radius 2 is 1.93 bits per heavy atom. The first kappa shape index (κ1) is 25.1. The molecule has 0 atom stereocenters. The van der Waals surface area contributed by atoms with Gasteiger partial charge in [0.1, 0.15) is 0 Å². The topological polar surface area (TPSA) is 58.1 Å². The fourth-order valence-electron chi connectivity index (χ4n) is 3.20. The van der Waals surface area contributed by atoms with Crippen molar-refractivity contribution in [2.45, 2.75) is 32.7 Å². The summed E-state index contributed by atoms with van der Waals surface area (Å²) in [5, 5.41) is 6.75. The fraction of sp³-hybridized carbons (Fsp3) is 0.667. The molecule has 0 amide bonds. The first-order chi connectivity index (χ1) is 13.3. The summed E-state index contributed by atoms with van der Waals surface area (Å²) in [5.74, 6) is 0.901. The molecule has 0 bridgehead atoms. The number of nitrogens with one attached hydrogen (secondary N) is 2. The van der Waals surface area contributed by atoms with Crippen LogP contribution in [0.5, 0.6) is 0 Å². The molecule has 0 fully saturated rings. The fourth-order valence-corrected chi connectivity index (χ4v) is 3.20. The van der Waals surface area contributed by atoms with Crippen LogP contribution in [-0.4, -0.2) is 70.5 Å². The molecule has 0 radical (unpaired) electrons. The van der Waals surface area contributed by atoms with E-state index in [1.807, 2.05) is 0 Å². The summed E-state index contributed by atoms with van der Waals surface area (Å²) < 4.78 is 10.4. The lowest BCUT2D eigenvalue weighted by molar-refractivity contribution is 0.0702. The third-order valence-electron chi connectivity index (χ3n) is 4.65. The second kappa shape index (κ2) is 16.0. The Morgan fingerprint density at radius 1 is 1.11 bits per heavy atom. The van der Waals surface area contributed by atoms with Gasteiger partial charge in [-0.1, -0.05) is 24.3 Å². The van der Waals surface area contributed by atoms with Gasteiger partial charge in [-0.15, -0.1) is 24.0 Å². The van der Waals surface area contributed by atoms with Gasteiger partial charge in [0.05, 0.1) is 13.2 Å². The summed E-state index contributed by atoms with van der Waals surface area (Å²) in [6.07, 6.45) is 3.21. The molecule has 1 aromatic rings. The van der Waals surface area contributed by atoms with Gasteiger partial charge in [0.25, 0.3) is 0 Å². The van der Waals surface area contributed by atoms with Crippen LogP contribution in [-0.2, 0) is 22.4 Å². The normalized spacial score (nSPS) is 14.3. The van der Waals surface area contributed by atoms with Crippen LogP contribution in [0.15, 0.2) is 29.3 Å². The number of fused-ring (bicyclic) bond motifs is 1. The minimum absolute atomic E-state index is 0. The van der Waals surface area contributed by atoms with Crippen molar-refractivity contribution >= 4 is 29.9 Å². The Labute approximate surface area is 187 Å². The summed E-state index contributed by atoms with van der Waals surface area (Å²) in [6.45, 7) is 10.1. The molecule has 2 N–H and O–H groups in total. The number of ether oxygens (including phenoxy) is 2. The van der Waals surface area contributed by atoms with Crippen LogP contribution in [0.25, 0.3) is 0 Å². The lowest BCUT2D eigenvalue weighted by atomic mass is 10.00. The molecule has 2 rings (SSSR count). The van der Waals surface area contributed by atoms with Crippen molar-refractivity contribution in [3.63, 3.8) is 0 Å². The third kappa shape index (κ3) is 10.0. The van der Waals surface area contributed by atoms with Gasteiger partial charge in [0, 0.05) is 53.0 Å². The molecular formula is C21H37IN4O2. The van der Waals surface area contributed by atoms with Crippen molar-refractivity contribution in [2.75, 3.05) is 59.7 Å². The maximum absolute atomic E-state index is 5.47. The van der Waals surface area contributed by atoms with E-state index in [0.717, 1.165) is 64.7 Å². The molecule has 1 aromatic carbocycles. The number of halogens is 1. The molecule has 1 aliphatic heterocycles. The molecule has 7 heteroatoms. The summed E-state index contributed by atoms with van der Waals surface area (Å²) in [7, 11) is 1.69. The Bertz CT molecular complexity index is 557. The maximum Gasteiger partial charge on any atom is 0.191 e. The van der Waals surface area contributed by atoms with Crippen molar-refractivity contribution in [3.05, 3.63) is 35.4 Å². The molecule has 28 heavy (non-hydrogen) atoms. The average molecular weight is 504 g/mol. The van der Waals surface area contributed by atoms with Gasteiger partial charge in [-0.2, -0.15) is 0 Å². The second-order valence-corrected chi connectivity index (χ2v) is 6.79.